The summed E-state index contributed by atoms with van der Waals surface area (Å²) < 4.78 is 5.41. The summed E-state index contributed by atoms with van der Waals surface area (Å²) in [5.74, 6) is 0. The first-order chi connectivity index (χ1) is 5.31. The van der Waals surface area contributed by atoms with Gasteiger partial charge in [0.05, 0.1) is 6.73 Å². The van der Waals surface area contributed by atoms with Gasteiger partial charge in [-0.05, 0) is 26.4 Å². The molecule has 0 saturated heterocycles. The average molecular weight is 159 g/mol. The van der Waals surface area contributed by atoms with E-state index in [1.807, 2.05) is 0 Å². The van der Waals surface area contributed by atoms with Crippen LogP contribution in [-0.2, 0) is 4.74 Å². The van der Waals surface area contributed by atoms with Crippen molar-refractivity contribution in [2.24, 2.45) is 0 Å². The lowest BCUT2D eigenvalue weighted by atomic mass is 10.4. The fourth-order valence-corrected chi connectivity index (χ4v) is 0.913. The Morgan fingerprint density at radius 2 is 1.91 bits per heavy atom. The van der Waals surface area contributed by atoms with Crippen molar-refractivity contribution in [1.29, 1.82) is 0 Å². The van der Waals surface area contributed by atoms with E-state index >= 15 is 0 Å². The summed E-state index contributed by atoms with van der Waals surface area (Å²) in [7, 11) is 2.09. The van der Waals surface area contributed by atoms with Crippen LogP contribution in [0.4, 0.5) is 0 Å². The predicted octanol–water partition coefficient (Wildman–Crippen LogP) is 2.10. The van der Waals surface area contributed by atoms with Crippen molar-refractivity contribution in [3.05, 3.63) is 0 Å². The maximum absolute atomic E-state index is 5.41. The van der Waals surface area contributed by atoms with Crippen LogP contribution < -0.4 is 0 Å². The van der Waals surface area contributed by atoms with E-state index in [0.717, 1.165) is 19.9 Å². The van der Waals surface area contributed by atoms with Crippen LogP contribution in [0.3, 0.4) is 0 Å². The molecule has 0 spiro atoms. The summed E-state index contributed by atoms with van der Waals surface area (Å²) >= 11 is 0. The lowest BCUT2D eigenvalue weighted by Crippen LogP contribution is -2.22. The maximum Gasteiger partial charge on any atom is 0.0987 e. The molecule has 0 amide bonds. The minimum Gasteiger partial charge on any atom is -0.366 e. The summed E-state index contributed by atoms with van der Waals surface area (Å²) in [6.07, 6.45) is 3.60. The second-order valence-corrected chi connectivity index (χ2v) is 2.97. The number of rotatable bonds is 7. The van der Waals surface area contributed by atoms with Crippen LogP contribution in [0.2, 0.25) is 0 Å². The summed E-state index contributed by atoms with van der Waals surface area (Å²) in [5.41, 5.74) is 0. The largest absolute Gasteiger partial charge is 0.366 e. The standard InChI is InChI=1S/C9H21NO/c1-4-6-8-11-9-10(3)7-5-2/h4-9H2,1-3H3. The Labute approximate surface area is 70.5 Å². The quantitative estimate of drug-likeness (QED) is 0.416. The fraction of sp³-hybridized carbons (Fsp3) is 1.00. The summed E-state index contributed by atoms with van der Waals surface area (Å²) in [6, 6.07) is 0. The number of nitrogens with zero attached hydrogens (tertiary/aromatic N) is 1. The highest BCUT2D eigenvalue weighted by Crippen LogP contribution is 1.90. The van der Waals surface area contributed by atoms with Gasteiger partial charge in [-0.3, -0.25) is 4.90 Å². The number of hydrogen-bond acceptors (Lipinski definition) is 2. The van der Waals surface area contributed by atoms with Gasteiger partial charge < -0.3 is 4.74 Å². The molecule has 0 aromatic carbocycles. The van der Waals surface area contributed by atoms with E-state index in [1.54, 1.807) is 0 Å². The van der Waals surface area contributed by atoms with Crippen molar-refractivity contribution in [3.63, 3.8) is 0 Å². The third-order valence-electron chi connectivity index (χ3n) is 1.56. The third kappa shape index (κ3) is 7.82. The molecule has 11 heavy (non-hydrogen) atoms. The predicted molar refractivity (Wildman–Crippen MR) is 48.6 cm³/mol. The molecule has 0 aliphatic rings. The topological polar surface area (TPSA) is 12.5 Å². The number of ether oxygens (including phenoxy) is 1. The molecule has 0 unspecified atom stereocenters. The van der Waals surface area contributed by atoms with Gasteiger partial charge >= 0.3 is 0 Å². The van der Waals surface area contributed by atoms with Gasteiger partial charge in [0, 0.05) is 6.61 Å². The molecule has 0 radical (unpaired) electrons. The zero-order valence-corrected chi connectivity index (χ0v) is 8.10. The Morgan fingerprint density at radius 1 is 1.18 bits per heavy atom. The first-order valence-electron chi connectivity index (χ1n) is 4.57. The van der Waals surface area contributed by atoms with Gasteiger partial charge in [0.15, 0.2) is 0 Å². The molecule has 2 nitrogen and oxygen atoms in total. The van der Waals surface area contributed by atoms with E-state index < -0.39 is 0 Å². The van der Waals surface area contributed by atoms with E-state index in [4.69, 9.17) is 4.74 Å². The Bertz CT molecular complexity index is 76.0. The van der Waals surface area contributed by atoms with E-state index in [-0.39, 0.29) is 0 Å². The van der Waals surface area contributed by atoms with Crippen LogP contribution in [0.1, 0.15) is 33.1 Å². The highest BCUT2D eigenvalue weighted by molar-refractivity contribution is 4.41. The average Bonchev–Trinajstić information content (AvgIpc) is 1.99. The Hall–Kier alpha value is -0.0800. The Morgan fingerprint density at radius 3 is 2.45 bits per heavy atom. The molecule has 0 bridgehead atoms. The molecule has 0 rings (SSSR count). The minimum absolute atomic E-state index is 0.786. The fourth-order valence-electron chi connectivity index (χ4n) is 0.913. The van der Waals surface area contributed by atoms with Gasteiger partial charge in [-0.15, -0.1) is 0 Å². The lowest BCUT2D eigenvalue weighted by Gasteiger charge is -2.14. The smallest absolute Gasteiger partial charge is 0.0987 e. The number of unbranched alkanes of at least 4 members (excludes halogenated alkanes) is 1. The summed E-state index contributed by atoms with van der Waals surface area (Å²) in [6.45, 7) is 7.19. The Balaban J connectivity index is 2.97. The summed E-state index contributed by atoms with van der Waals surface area (Å²) in [5, 5.41) is 0. The Kier molecular flexibility index (Phi) is 7.96. The molecular formula is C9H21NO. The molecule has 0 aliphatic heterocycles. The second-order valence-electron chi connectivity index (χ2n) is 2.97. The van der Waals surface area contributed by atoms with E-state index in [9.17, 15) is 0 Å². The molecule has 0 atom stereocenters. The van der Waals surface area contributed by atoms with Crippen LogP contribution in [0, 0.1) is 0 Å². The number of hydrogen-bond donors (Lipinski definition) is 0. The molecule has 0 N–H and O–H groups in total. The maximum atomic E-state index is 5.41. The van der Waals surface area contributed by atoms with E-state index in [1.165, 1.54) is 19.3 Å². The first kappa shape index (κ1) is 10.9. The molecule has 0 aromatic heterocycles. The molecule has 0 aromatic rings. The normalized spacial score (nSPS) is 10.9. The third-order valence-corrected chi connectivity index (χ3v) is 1.56. The SMILES string of the molecule is CCCCOCN(C)CCC. The van der Waals surface area contributed by atoms with Gasteiger partial charge in [-0.1, -0.05) is 20.3 Å². The summed E-state index contributed by atoms with van der Waals surface area (Å²) in [4.78, 5) is 2.20. The van der Waals surface area contributed by atoms with Gasteiger partial charge in [0.1, 0.15) is 0 Å². The minimum atomic E-state index is 0.786. The van der Waals surface area contributed by atoms with Crippen LogP contribution in [0.15, 0.2) is 0 Å². The van der Waals surface area contributed by atoms with Crippen molar-refractivity contribution in [3.8, 4) is 0 Å². The van der Waals surface area contributed by atoms with Crippen molar-refractivity contribution in [1.82, 2.24) is 4.90 Å². The van der Waals surface area contributed by atoms with E-state index in [2.05, 4.69) is 25.8 Å². The van der Waals surface area contributed by atoms with Crippen molar-refractivity contribution >= 4 is 0 Å². The van der Waals surface area contributed by atoms with Crippen molar-refractivity contribution in [2.45, 2.75) is 33.1 Å². The van der Waals surface area contributed by atoms with Gasteiger partial charge in [-0.2, -0.15) is 0 Å². The molecule has 0 fully saturated rings. The molecule has 68 valence electrons. The van der Waals surface area contributed by atoms with Gasteiger partial charge in [-0.25, -0.2) is 0 Å². The van der Waals surface area contributed by atoms with Crippen LogP contribution in [0.5, 0.6) is 0 Å². The zero-order chi connectivity index (χ0) is 8.53. The van der Waals surface area contributed by atoms with Crippen LogP contribution >= 0.6 is 0 Å². The van der Waals surface area contributed by atoms with Gasteiger partial charge in [0.2, 0.25) is 0 Å². The van der Waals surface area contributed by atoms with Crippen LogP contribution in [0.25, 0.3) is 0 Å². The second kappa shape index (κ2) is 8.02. The molecule has 2 heteroatoms. The highest BCUT2D eigenvalue weighted by Gasteiger charge is 1.94. The molecule has 0 heterocycles. The van der Waals surface area contributed by atoms with Crippen molar-refractivity contribution in [2.75, 3.05) is 26.9 Å². The van der Waals surface area contributed by atoms with Gasteiger partial charge in [0.25, 0.3) is 0 Å². The zero-order valence-electron chi connectivity index (χ0n) is 8.10. The molecular weight excluding hydrogens is 138 g/mol. The van der Waals surface area contributed by atoms with E-state index in [0.29, 0.717) is 0 Å². The molecule has 0 aliphatic carbocycles. The lowest BCUT2D eigenvalue weighted by molar-refractivity contribution is 0.0416. The molecule has 0 saturated carbocycles. The van der Waals surface area contributed by atoms with Crippen molar-refractivity contribution < 1.29 is 4.74 Å². The first-order valence-corrected chi connectivity index (χ1v) is 4.57. The van der Waals surface area contributed by atoms with Crippen LogP contribution in [-0.4, -0.2) is 31.8 Å². The monoisotopic (exact) mass is 159 g/mol. The highest BCUT2D eigenvalue weighted by atomic mass is 16.5.